The van der Waals surface area contributed by atoms with Crippen LogP contribution in [-0.4, -0.2) is 63.0 Å². The summed E-state index contributed by atoms with van der Waals surface area (Å²) in [5, 5.41) is 3.35. The number of carbonyl (C=O) groups is 1. The first-order valence-electron chi connectivity index (χ1n) is 7.01. The van der Waals surface area contributed by atoms with Gasteiger partial charge in [0.25, 0.3) is 0 Å². The number of nitrogens with one attached hydrogen (secondary N) is 1. The summed E-state index contributed by atoms with van der Waals surface area (Å²) in [7, 11) is 6.08. The lowest BCUT2D eigenvalue weighted by atomic mass is 9.75. The van der Waals surface area contributed by atoms with Crippen molar-refractivity contribution in [1.82, 2.24) is 15.1 Å². The van der Waals surface area contributed by atoms with E-state index in [0.29, 0.717) is 11.8 Å². The molecule has 4 nitrogen and oxygen atoms in total. The monoisotopic (exact) mass is 255 g/mol. The van der Waals surface area contributed by atoms with Gasteiger partial charge in [-0.05, 0) is 45.9 Å². The highest BCUT2D eigenvalue weighted by Crippen LogP contribution is 2.35. The quantitative estimate of drug-likeness (QED) is 0.770. The average molecular weight is 255 g/mol. The number of hydrogen-bond donors (Lipinski definition) is 1. The summed E-state index contributed by atoms with van der Waals surface area (Å²) in [6.45, 7) is 8.02. The van der Waals surface area contributed by atoms with Crippen molar-refractivity contribution in [2.24, 2.45) is 11.3 Å². The minimum absolute atomic E-state index is 0.174. The van der Waals surface area contributed by atoms with Crippen LogP contribution >= 0.6 is 0 Å². The zero-order valence-electron chi connectivity index (χ0n) is 12.6. The third kappa shape index (κ3) is 3.45. The standard InChI is InChI=1S/C14H29N3O/c1-12(2)14(7-8-15-11-14)13(18)17(5)10-6-9-16(3)4/h12,15H,6-11H2,1-5H3. The maximum absolute atomic E-state index is 12.7. The molecule has 0 bridgehead atoms. The van der Waals surface area contributed by atoms with Gasteiger partial charge in [0.05, 0.1) is 5.41 Å². The van der Waals surface area contributed by atoms with Crippen molar-refractivity contribution in [3.05, 3.63) is 0 Å². The molecule has 1 unspecified atom stereocenters. The lowest BCUT2D eigenvalue weighted by Crippen LogP contribution is -2.47. The molecule has 1 aliphatic rings. The Hall–Kier alpha value is -0.610. The van der Waals surface area contributed by atoms with E-state index in [0.717, 1.165) is 39.0 Å². The molecule has 4 heteroatoms. The molecular weight excluding hydrogens is 226 g/mol. The van der Waals surface area contributed by atoms with Gasteiger partial charge in [-0.3, -0.25) is 4.79 Å². The van der Waals surface area contributed by atoms with E-state index in [1.54, 1.807) is 0 Å². The normalized spacial score (nSPS) is 23.9. The maximum atomic E-state index is 12.7. The molecule has 0 aliphatic carbocycles. The molecule has 1 rings (SSSR count). The molecule has 1 heterocycles. The van der Waals surface area contributed by atoms with Crippen molar-refractivity contribution >= 4 is 5.91 Å². The highest BCUT2D eigenvalue weighted by molar-refractivity contribution is 5.83. The third-order valence-electron chi connectivity index (χ3n) is 4.16. The molecular formula is C14H29N3O. The first kappa shape index (κ1) is 15.4. The Morgan fingerprint density at radius 1 is 1.28 bits per heavy atom. The van der Waals surface area contributed by atoms with Gasteiger partial charge >= 0.3 is 0 Å². The van der Waals surface area contributed by atoms with E-state index in [1.165, 1.54) is 0 Å². The highest BCUT2D eigenvalue weighted by Gasteiger charge is 2.45. The molecule has 1 aliphatic heterocycles. The molecule has 106 valence electrons. The Bertz CT molecular complexity index is 270. The van der Waals surface area contributed by atoms with Crippen LogP contribution in [0, 0.1) is 11.3 Å². The number of carbonyl (C=O) groups excluding carboxylic acids is 1. The molecule has 1 N–H and O–H groups in total. The van der Waals surface area contributed by atoms with Crippen LogP contribution in [0.3, 0.4) is 0 Å². The fourth-order valence-corrected chi connectivity index (χ4v) is 2.74. The predicted molar refractivity (Wildman–Crippen MR) is 75.6 cm³/mol. The molecule has 0 spiro atoms. The van der Waals surface area contributed by atoms with Gasteiger partial charge in [0.1, 0.15) is 0 Å². The second-order valence-corrected chi connectivity index (χ2v) is 6.12. The summed E-state index contributed by atoms with van der Waals surface area (Å²) >= 11 is 0. The second-order valence-electron chi connectivity index (χ2n) is 6.12. The van der Waals surface area contributed by atoms with Crippen LogP contribution in [0.1, 0.15) is 26.7 Å². The summed E-state index contributed by atoms with van der Waals surface area (Å²) in [6.07, 6.45) is 2.01. The summed E-state index contributed by atoms with van der Waals surface area (Å²) in [5.41, 5.74) is -0.174. The lowest BCUT2D eigenvalue weighted by Gasteiger charge is -2.35. The molecule has 1 fully saturated rings. The van der Waals surface area contributed by atoms with E-state index in [4.69, 9.17) is 0 Å². The van der Waals surface area contributed by atoms with Crippen LogP contribution in [0.2, 0.25) is 0 Å². The van der Waals surface area contributed by atoms with E-state index < -0.39 is 0 Å². The Balaban J connectivity index is 2.55. The van der Waals surface area contributed by atoms with E-state index >= 15 is 0 Å². The minimum atomic E-state index is -0.174. The fourth-order valence-electron chi connectivity index (χ4n) is 2.74. The van der Waals surface area contributed by atoms with Gasteiger partial charge in [-0.1, -0.05) is 13.8 Å². The highest BCUT2D eigenvalue weighted by atomic mass is 16.2. The lowest BCUT2D eigenvalue weighted by molar-refractivity contribution is -0.142. The predicted octanol–water partition coefficient (Wildman–Crippen LogP) is 1.03. The summed E-state index contributed by atoms with van der Waals surface area (Å²) < 4.78 is 0. The Morgan fingerprint density at radius 3 is 2.39 bits per heavy atom. The largest absolute Gasteiger partial charge is 0.345 e. The second kappa shape index (κ2) is 6.53. The molecule has 18 heavy (non-hydrogen) atoms. The van der Waals surface area contributed by atoms with Gasteiger partial charge in [-0.25, -0.2) is 0 Å². The summed E-state index contributed by atoms with van der Waals surface area (Å²) in [6, 6.07) is 0. The zero-order chi connectivity index (χ0) is 13.8. The summed E-state index contributed by atoms with van der Waals surface area (Å²) in [4.78, 5) is 16.7. The van der Waals surface area contributed by atoms with Crippen LogP contribution < -0.4 is 5.32 Å². The molecule has 1 atom stereocenters. The molecule has 0 aromatic carbocycles. The third-order valence-corrected chi connectivity index (χ3v) is 4.16. The van der Waals surface area contributed by atoms with Crippen LogP contribution in [0.15, 0.2) is 0 Å². The van der Waals surface area contributed by atoms with Gasteiger partial charge in [-0.2, -0.15) is 0 Å². The molecule has 0 radical (unpaired) electrons. The van der Waals surface area contributed by atoms with Crippen molar-refractivity contribution in [2.45, 2.75) is 26.7 Å². The van der Waals surface area contributed by atoms with Crippen molar-refractivity contribution in [2.75, 3.05) is 47.3 Å². The van der Waals surface area contributed by atoms with Gasteiger partial charge in [0.2, 0.25) is 5.91 Å². The van der Waals surface area contributed by atoms with Crippen molar-refractivity contribution in [1.29, 1.82) is 0 Å². The number of nitrogens with zero attached hydrogens (tertiary/aromatic N) is 2. The molecule has 0 aromatic heterocycles. The molecule has 0 saturated carbocycles. The number of amides is 1. The first-order valence-corrected chi connectivity index (χ1v) is 7.01. The van der Waals surface area contributed by atoms with Crippen LogP contribution in [0.4, 0.5) is 0 Å². The van der Waals surface area contributed by atoms with Gasteiger partial charge in [0.15, 0.2) is 0 Å². The Morgan fingerprint density at radius 2 is 1.94 bits per heavy atom. The first-order chi connectivity index (χ1) is 8.40. The van der Waals surface area contributed by atoms with Crippen molar-refractivity contribution < 1.29 is 4.79 Å². The average Bonchev–Trinajstić information content (AvgIpc) is 2.77. The fraction of sp³-hybridized carbons (Fsp3) is 0.929. The van der Waals surface area contributed by atoms with Crippen molar-refractivity contribution in [3.8, 4) is 0 Å². The number of rotatable bonds is 6. The van der Waals surface area contributed by atoms with E-state index in [-0.39, 0.29) is 5.41 Å². The Labute approximate surface area is 112 Å². The van der Waals surface area contributed by atoms with Crippen LogP contribution in [0.5, 0.6) is 0 Å². The molecule has 1 saturated heterocycles. The molecule has 1 amide bonds. The van der Waals surface area contributed by atoms with E-state index in [9.17, 15) is 4.79 Å². The smallest absolute Gasteiger partial charge is 0.230 e. The Kier molecular flexibility index (Phi) is 5.60. The topological polar surface area (TPSA) is 35.6 Å². The van der Waals surface area contributed by atoms with Crippen molar-refractivity contribution in [3.63, 3.8) is 0 Å². The molecule has 0 aromatic rings. The van der Waals surface area contributed by atoms with Gasteiger partial charge in [-0.15, -0.1) is 0 Å². The maximum Gasteiger partial charge on any atom is 0.230 e. The summed E-state index contributed by atoms with van der Waals surface area (Å²) in [5.74, 6) is 0.720. The van der Waals surface area contributed by atoms with Crippen LogP contribution in [0.25, 0.3) is 0 Å². The van der Waals surface area contributed by atoms with Gasteiger partial charge in [0, 0.05) is 20.1 Å². The number of hydrogen-bond acceptors (Lipinski definition) is 3. The zero-order valence-corrected chi connectivity index (χ0v) is 12.6. The van der Waals surface area contributed by atoms with Gasteiger partial charge < -0.3 is 15.1 Å². The SMILES string of the molecule is CC(C)C1(C(=O)N(C)CCCN(C)C)CCNC1. The van der Waals surface area contributed by atoms with E-state index in [2.05, 4.69) is 38.2 Å². The minimum Gasteiger partial charge on any atom is -0.345 e. The van der Waals surface area contributed by atoms with E-state index in [1.807, 2.05) is 11.9 Å². The van der Waals surface area contributed by atoms with Crippen LogP contribution in [-0.2, 0) is 4.79 Å².